The monoisotopic (exact) mass is 301 g/mol. The maximum absolute atomic E-state index is 4.47. The summed E-state index contributed by atoms with van der Waals surface area (Å²) in [6.07, 6.45) is 3.80. The van der Waals surface area contributed by atoms with Gasteiger partial charge in [0.05, 0.1) is 0 Å². The first-order valence-electron chi connectivity index (χ1n) is 7.27. The fraction of sp³-hybridized carbons (Fsp3) is 0.412. The summed E-state index contributed by atoms with van der Waals surface area (Å²) in [5.41, 5.74) is 2.27. The predicted molar refractivity (Wildman–Crippen MR) is 90.5 cm³/mol. The second-order valence-electron chi connectivity index (χ2n) is 5.98. The normalized spacial score (nSPS) is 11.6. The molecule has 112 valence electrons. The standard InChI is InChI=1S/C17H23N3S/c1-5-21-15-8-6-14(7-9-15)16-18-10-13(11-19-16)12-20-17(2,3)4/h6-11,20H,5,12H2,1-4H3. The number of thioether (sulfide) groups is 1. The molecule has 0 saturated heterocycles. The topological polar surface area (TPSA) is 37.8 Å². The largest absolute Gasteiger partial charge is 0.308 e. The van der Waals surface area contributed by atoms with E-state index in [0.717, 1.165) is 29.2 Å². The molecular formula is C17H23N3S. The van der Waals surface area contributed by atoms with Crippen LogP contribution in [0.25, 0.3) is 11.4 Å². The van der Waals surface area contributed by atoms with Crippen LogP contribution in [0.15, 0.2) is 41.6 Å². The van der Waals surface area contributed by atoms with Crippen molar-refractivity contribution in [2.45, 2.75) is 44.7 Å². The van der Waals surface area contributed by atoms with Crippen molar-refractivity contribution in [3.05, 3.63) is 42.2 Å². The number of nitrogens with one attached hydrogen (secondary N) is 1. The van der Waals surface area contributed by atoms with Crippen molar-refractivity contribution in [3.8, 4) is 11.4 Å². The summed E-state index contributed by atoms with van der Waals surface area (Å²) >= 11 is 1.84. The van der Waals surface area contributed by atoms with Crippen LogP contribution >= 0.6 is 11.8 Å². The van der Waals surface area contributed by atoms with Gasteiger partial charge in [-0.15, -0.1) is 11.8 Å². The maximum Gasteiger partial charge on any atom is 0.159 e. The second-order valence-corrected chi connectivity index (χ2v) is 7.31. The molecule has 1 N–H and O–H groups in total. The molecule has 1 heterocycles. The quantitative estimate of drug-likeness (QED) is 0.842. The minimum Gasteiger partial charge on any atom is -0.308 e. The molecule has 0 saturated carbocycles. The summed E-state index contributed by atoms with van der Waals surface area (Å²) in [6.45, 7) is 9.40. The van der Waals surface area contributed by atoms with Crippen molar-refractivity contribution < 1.29 is 0 Å². The third-order valence-electron chi connectivity index (χ3n) is 2.95. The minimum atomic E-state index is 0.103. The predicted octanol–water partition coefficient (Wildman–Crippen LogP) is 4.14. The van der Waals surface area contributed by atoms with E-state index in [1.165, 1.54) is 4.90 Å². The molecule has 0 aliphatic heterocycles. The zero-order chi connectivity index (χ0) is 15.3. The molecule has 0 aliphatic carbocycles. The molecule has 0 atom stereocenters. The lowest BCUT2D eigenvalue weighted by Crippen LogP contribution is -2.35. The van der Waals surface area contributed by atoms with Crippen LogP contribution < -0.4 is 5.32 Å². The van der Waals surface area contributed by atoms with Gasteiger partial charge in [-0.2, -0.15) is 0 Å². The van der Waals surface area contributed by atoms with Gasteiger partial charge in [-0.25, -0.2) is 9.97 Å². The molecular weight excluding hydrogens is 278 g/mol. The summed E-state index contributed by atoms with van der Waals surface area (Å²) < 4.78 is 0. The number of benzene rings is 1. The highest BCUT2D eigenvalue weighted by atomic mass is 32.2. The van der Waals surface area contributed by atoms with Crippen LogP contribution in [0.1, 0.15) is 33.3 Å². The van der Waals surface area contributed by atoms with Gasteiger partial charge >= 0.3 is 0 Å². The van der Waals surface area contributed by atoms with Crippen molar-refractivity contribution >= 4 is 11.8 Å². The zero-order valence-electron chi connectivity index (χ0n) is 13.2. The Kier molecular flexibility index (Phi) is 5.37. The Labute approximate surface area is 131 Å². The number of nitrogens with zero attached hydrogens (tertiary/aromatic N) is 2. The van der Waals surface area contributed by atoms with Gasteiger partial charge in [0.25, 0.3) is 0 Å². The number of hydrogen-bond donors (Lipinski definition) is 1. The van der Waals surface area contributed by atoms with Gasteiger partial charge < -0.3 is 5.32 Å². The van der Waals surface area contributed by atoms with E-state index < -0.39 is 0 Å². The molecule has 3 nitrogen and oxygen atoms in total. The molecule has 1 aromatic heterocycles. The molecule has 2 aromatic rings. The van der Waals surface area contributed by atoms with E-state index in [4.69, 9.17) is 0 Å². The van der Waals surface area contributed by atoms with Gasteiger partial charge in [-0.05, 0) is 38.7 Å². The van der Waals surface area contributed by atoms with E-state index in [9.17, 15) is 0 Å². The van der Waals surface area contributed by atoms with Gasteiger partial charge in [0.1, 0.15) is 0 Å². The average Bonchev–Trinajstić information content (AvgIpc) is 2.46. The van der Waals surface area contributed by atoms with Crippen LogP contribution in [0.5, 0.6) is 0 Å². The highest BCUT2D eigenvalue weighted by molar-refractivity contribution is 7.99. The van der Waals surface area contributed by atoms with Gasteiger partial charge in [0, 0.05) is 40.5 Å². The van der Waals surface area contributed by atoms with E-state index in [2.05, 4.69) is 67.2 Å². The van der Waals surface area contributed by atoms with Crippen LogP contribution in [0, 0.1) is 0 Å². The zero-order valence-corrected chi connectivity index (χ0v) is 14.0. The summed E-state index contributed by atoms with van der Waals surface area (Å²) in [5.74, 6) is 1.87. The Morgan fingerprint density at radius 1 is 1.05 bits per heavy atom. The molecule has 2 rings (SSSR count). The fourth-order valence-corrected chi connectivity index (χ4v) is 2.49. The van der Waals surface area contributed by atoms with Crippen molar-refractivity contribution in [3.63, 3.8) is 0 Å². The maximum atomic E-state index is 4.47. The summed E-state index contributed by atoms with van der Waals surface area (Å²) in [7, 11) is 0. The van der Waals surface area contributed by atoms with E-state index in [0.29, 0.717) is 0 Å². The Balaban J connectivity index is 2.04. The van der Waals surface area contributed by atoms with E-state index in [1.807, 2.05) is 24.2 Å². The van der Waals surface area contributed by atoms with Gasteiger partial charge in [0.2, 0.25) is 0 Å². The van der Waals surface area contributed by atoms with E-state index in [-0.39, 0.29) is 5.54 Å². The highest BCUT2D eigenvalue weighted by Gasteiger charge is 2.09. The van der Waals surface area contributed by atoms with E-state index in [1.54, 1.807) is 0 Å². The summed E-state index contributed by atoms with van der Waals surface area (Å²) in [6, 6.07) is 8.42. The lowest BCUT2D eigenvalue weighted by Gasteiger charge is -2.20. The second kappa shape index (κ2) is 7.05. The summed E-state index contributed by atoms with van der Waals surface area (Å²) in [5, 5.41) is 3.44. The molecule has 0 unspecified atom stereocenters. The third-order valence-corrected chi connectivity index (χ3v) is 3.85. The SMILES string of the molecule is CCSc1ccc(-c2ncc(CNC(C)(C)C)cn2)cc1. The first-order chi connectivity index (χ1) is 9.98. The fourth-order valence-electron chi connectivity index (χ4n) is 1.83. The molecule has 4 heteroatoms. The Hall–Kier alpha value is -1.39. The van der Waals surface area contributed by atoms with Crippen molar-refractivity contribution in [2.75, 3.05) is 5.75 Å². The van der Waals surface area contributed by atoms with Gasteiger partial charge in [-0.3, -0.25) is 0 Å². The number of aromatic nitrogens is 2. The number of rotatable bonds is 5. The van der Waals surface area contributed by atoms with Crippen molar-refractivity contribution in [1.29, 1.82) is 0 Å². The molecule has 0 bridgehead atoms. The van der Waals surface area contributed by atoms with E-state index >= 15 is 0 Å². The molecule has 0 radical (unpaired) electrons. The van der Waals surface area contributed by atoms with Crippen LogP contribution in [0.4, 0.5) is 0 Å². The molecule has 0 aliphatic rings. The molecule has 0 amide bonds. The lowest BCUT2D eigenvalue weighted by molar-refractivity contribution is 0.423. The Bertz CT molecular complexity index is 556. The molecule has 1 aromatic carbocycles. The minimum absolute atomic E-state index is 0.103. The van der Waals surface area contributed by atoms with Crippen molar-refractivity contribution in [1.82, 2.24) is 15.3 Å². The van der Waals surface area contributed by atoms with Crippen LogP contribution in [0.3, 0.4) is 0 Å². The first kappa shape index (κ1) is 16.0. The van der Waals surface area contributed by atoms with Crippen LogP contribution in [-0.4, -0.2) is 21.3 Å². The van der Waals surface area contributed by atoms with Gasteiger partial charge in [-0.1, -0.05) is 19.1 Å². The van der Waals surface area contributed by atoms with Gasteiger partial charge in [0.15, 0.2) is 5.82 Å². The summed E-state index contributed by atoms with van der Waals surface area (Å²) in [4.78, 5) is 10.2. The highest BCUT2D eigenvalue weighted by Crippen LogP contribution is 2.21. The number of hydrogen-bond acceptors (Lipinski definition) is 4. The lowest BCUT2D eigenvalue weighted by atomic mass is 10.1. The molecule has 0 spiro atoms. The Morgan fingerprint density at radius 2 is 1.67 bits per heavy atom. The Morgan fingerprint density at radius 3 is 2.19 bits per heavy atom. The van der Waals surface area contributed by atoms with Crippen LogP contribution in [0.2, 0.25) is 0 Å². The van der Waals surface area contributed by atoms with Crippen LogP contribution in [-0.2, 0) is 6.54 Å². The average molecular weight is 301 g/mol. The molecule has 0 fully saturated rings. The van der Waals surface area contributed by atoms with Crippen molar-refractivity contribution in [2.24, 2.45) is 0 Å². The third kappa shape index (κ3) is 5.14. The molecule has 21 heavy (non-hydrogen) atoms. The first-order valence-corrected chi connectivity index (χ1v) is 8.25. The smallest absolute Gasteiger partial charge is 0.159 e.